The van der Waals surface area contributed by atoms with Gasteiger partial charge in [0.05, 0.1) is 6.54 Å². The summed E-state index contributed by atoms with van der Waals surface area (Å²) in [4.78, 5) is 1.29. The van der Waals surface area contributed by atoms with Crippen molar-refractivity contribution in [1.82, 2.24) is 4.90 Å². The first kappa shape index (κ1) is 13.7. The molecule has 0 aliphatic heterocycles. The van der Waals surface area contributed by atoms with Gasteiger partial charge in [-0.2, -0.15) is 13.2 Å². The van der Waals surface area contributed by atoms with Gasteiger partial charge in [-0.25, -0.2) is 0 Å². The van der Waals surface area contributed by atoms with E-state index in [1.165, 1.54) is 11.9 Å². The van der Waals surface area contributed by atoms with Crippen LogP contribution in [-0.4, -0.2) is 37.8 Å². The number of hydrogen-bond acceptors (Lipinski definition) is 2. The Morgan fingerprint density at radius 2 is 1.93 bits per heavy atom. The Balaban J connectivity index is 3.50. The molecule has 0 aliphatic rings. The standard InChI is InChI=1S/C9H19F3N2/c1-8(6-13)4-3-5-14(2)7-9(10,11)12/h8H,3-7,13H2,1-2H3. The average Bonchev–Trinajstić information content (AvgIpc) is 2.00. The third-order valence-electron chi connectivity index (χ3n) is 2.09. The molecule has 2 N–H and O–H groups in total. The maximum absolute atomic E-state index is 11.9. The van der Waals surface area contributed by atoms with Crippen molar-refractivity contribution in [3.8, 4) is 0 Å². The highest BCUT2D eigenvalue weighted by Gasteiger charge is 2.28. The molecule has 0 fully saturated rings. The van der Waals surface area contributed by atoms with Crippen LogP contribution in [0.15, 0.2) is 0 Å². The van der Waals surface area contributed by atoms with Gasteiger partial charge in [0.1, 0.15) is 0 Å². The number of halogens is 3. The molecular weight excluding hydrogens is 193 g/mol. The summed E-state index contributed by atoms with van der Waals surface area (Å²) in [5.41, 5.74) is 5.40. The van der Waals surface area contributed by atoms with E-state index in [0.29, 0.717) is 19.0 Å². The lowest BCUT2D eigenvalue weighted by atomic mass is 10.1. The molecule has 0 saturated heterocycles. The molecular formula is C9H19F3N2. The summed E-state index contributed by atoms with van der Waals surface area (Å²) in [5.74, 6) is 0.397. The predicted molar refractivity (Wildman–Crippen MR) is 51.0 cm³/mol. The lowest BCUT2D eigenvalue weighted by Crippen LogP contribution is -2.32. The van der Waals surface area contributed by atoms with Gasteiger partial charge in [-0.3, -0.25) is 4.90 Å². The Morgan fingerprint density at radius 3 is 2.36 bits per heavy atom. The number of hydrogen-bond donors (Lipinski definition) is 1. The van der Waals surface area contributed by atoms with E-state index < -0.39 is 12.7 Å². The number of nitrogens with two attached hydrogens (primary N) is 1. The molecule has 0 heterocycles. The number of nitrogens with zero attached hydrogens (tertiary/aromatic N) is 1. The van der Waals surface area contributed by atoms with E-state index in [1.807, 2.05) is 6.92 Å². The van der Waals surface area contributed by atoms with Crippen molar-refractivity contribution in [1.29, 1.82) is 0 Å². The van der Waals surface area contributed by atoms with E-state index in [0.717, 1.165) is 12.8 Å². The van der Waals surface area contributed by atoms with Crippen LogP contribution < -0.4 is 5.73 Å². The van der Waals surface area contributed by atoms with Crippen molar-refractivity contribution >= 4 is 0 Å². The molecule has 5 heteroatoms. The second-order valence-electron chi connectivity index (χ2n) is 3.84. The fourth-order valence-corrected chi connectivity index (χ4v) is 1.21. The lowest BCUT2D eigenvalue weighted by molar-refractivity contribution is -0.143. The van der Waals surface area contributed by atoms with Gasteiger partial charge in [0.25, 0.3) is 0 Å². The van der Waals surface area contributed by atoms with Crippen molar-refractivity contribution in [2.24, 2.45) is 11.7 Å². The Labute approximate surface area is 83.3 Å². The van der Waals surface area contributed by atoms with Gasteiger partial charge in [-0.05, 0) is 38.9 Å². The third kappa shape index (κ3) is 8.31. The van der Waals surface area contributed by atoms with Gasteiger partial charge in [0.15, 0.2) is 0 Å². The minimum atomic E-state index is -4.09. The maximum atomic E-state index is 11.9. The van der Waals surface area contributed by atoms with Crippen LogP contribution in [0.25, 0.3) is 0 Å². The van der Waals surface area contributed by atoms with Crippen LogP contribution in [0.4, 0.5) is 13.2 Å². The summed E-state index contributed by atoms with van der Waals surface area (Å²) in [6.07, 6.45) is -2.43. The Morgan fingerprint density at radius 1 is 1.36 bits per heavy atom. The minimum absolute atomic E-state index is 0.397. The molecule has 0 radical (unpaired) electrons. The molecule has 0 spiro atoms. The highest BCUT2D eigenvalue weighted by Crippen LogP contribution is 2.16. The SMILES string of the molecule is CC(CN)CCCN(C)CC(F)(F)F. The number of rotatable bonds is 6. The van der Waals surface area contributed by atoms with Gasteiger partial charge in [0, 0.05) is 0 Å². The van der Waals surface area contributed by atoms with Crippen LogP contribution in [0, 0.1) is 5.92 Å². The zero-order valence-corrected chi connectivity index (χ0v) is 8.77. The molecule has 0 bridgehead atoms. The summed E-state index contributed by atoms with van der Waals surface area (Å²) in [6, 6.07) is 0. The zero-order chi connectivity index (χ0) is 11.2. The summed E-state index contributed by atoms with van der Waals surface area (Å²) < 4.78 is 35.7. The van der Waals surface area contributed by atoms with Crippen LogP contribution in [0.3, 0.4) is 0 Å². The molecule has 0 aliphatic carbocycles. The Bertz CT molecular complexity index is 147. The topological polar surface area (TPSA) is 29.3 Å². The van der Waals surface area contributed by atoms with Crippen molar-refractivity contribution in [2.45, 2.75) is 25.9 Å². The van der Waals surface area contributed by atoms with Crippen LogP contribution in [-0.2, 0) is 0 Å². The fraction of sp³-hybridized carbons (Fsp3) is 1.00. The molecule has 0 saturated carbocycles. The van der Waals surface area contributed by atoms with Gasteiger partial charge in [-0.1, -0.05) is 6.92 Å². The van der Waals surface area contributed by atoms with Crippen LogP contribution in [0.2, 0.25) is 0 Å². The van der Waals surface area contributed by atoms with E-state index in [4.69, 9.17) is 5.73 Å². The van der Waals surface area contributed by atoms with Gasteiger partial charge >= 0.3 is 6.18 Å². The molecule has 2 nitrogen and oxygen atoms in total. The smallest absolute Gasteiger partial charge is 0.330 e. The quantitative estimate of drug-likeness (QED) is 0.728. The largest absolute Gasteiger partial charge is 0.401 e. The van der Waals surface area contributed by atoms with Gasteiger partial charge in [0.2, 0.25) is 0 Å². The van der Waals surface area contributed by atoms with E-state index in [9.17, 15) is 13.2 Å². The molecule has 14 heavy (non-hydrogen) atoms. The second-order valence-corrected chi connectivity index (χ2v) is 3.84. The van der Waals surface area contributed by atoms with Gasteiger partial charge < -0.3 is 5.73 Å². The maximum Gasteiger partial charge on any atom is 0.401 e. The van der Waals surface area contributed by atoms with Crippen molar-refractivity contribution in [3.05, 3.63) is 0 Å². The first-order valence-corrected chi connectivity index (χ1v) is 4.80. The average molecular weight is 212 g/mol. The number of alkyl halides is 3. The second kappa shape index (κ2) is 6.24. The predicted octanol–water partition coefficient (Wildman–Crippen LogP) is 1.86. The van der Waals surface area contributed by atoms with E-state index >= 15 is 0 Å². The molecule has 86 valence electrons. The lowest BCUT2D eigenvalue weighted by Gasteiger charge is -2.19. The summed E-state index contributed by atoms with van der Waals surface area (Å²) in [7, 11) is 1.49. The van der Waals surface area contributed by atoms with Crippen LogP contribution in [0.5, 0.6) is 0 Å². The Kier molecular flexibility index (Phi) is 6.11. The van der Waals surface area contributed by atoms with Crippen molar-refractivity contribution in [3.63, 3.8) is 0 Å². The molecule has 0 rings (SSSR count). The van der Waals surface area contributed by atoms with Crippen LogP contribution >= 0.6 is 0 Å². The summed E-state index contributed by atoms with van der Waals surface area (Å²) >= 11 is 0. The van der Waals surface area contributed by atoms with E-state index in [2.05, 4.69) is 0 Å². The molecule has 0 aromatic heterocycles. The van der Waals surface area contributed by atoms with E-state index in [-0.39, 0.29) is 0 Å². The summed E-state index contributed by atoms with van der Waals surface area (Å²) in [6.45, 7) is 2.25. The molecule has 0 aromatic rings. The highest BCUT2D eigenvalue weighted by molar-refractivity contribution is 4.60. The van der Waals surface area contributed by atoms with Crippen molar-refractivity contribution in [2.75, 3.05) is 26.7 Å². The zero-order valence-electron chi connectivity index (χ0n) is 8.77. The summed E-state index contributed by atoms with van der Waals surface area (Å²) in [5, 5.41) is 0. The highest BCUT2D eigenvalue weighted by atomic mass is 19.4. The first-order chi connectivity index (χ1) is 6.35. The monoisotopic (exact) mass is 212 g/mol. The third-order valence-corrected chi connectivity index (χ3v) is 2.09. The van der Waals surface area contributed by atoms with Crippen LogP contribution in [0.1, 0.15) is 19.8 Å². The molecule has 1 atom stereocenters. The van der Waals surface area contributed by atoms with Crippen molar-refractivity contribution < 1.29 is 13.2 Å². The minimum Gasteiger partial charge on any atom is -0.330 e. The van der Waals surface area contributed by atoms with E-state index in [1.54, 1.807) is 0 Å². The fourth-order valence-electron chi connectivity index (χ4n) is 1.21. The molecule has 0 amide bonds. The Hall–Kier alpha value is -0.290. The first-order valence-electron chi connectivity index (χ1n) is 4.80. The van der Waals surface area contributed by atoms with Gasteiger partial charge in [-0.15, -0.1) is 0 Å². The molecule has 0 aromatic carbocycles. The normalized spacial score (nSPS) is 14.8. The molecule has 1 unspecified atom stereocenters.